The van der Waals surface area contributed by atoms with Crippen LogP contribution < -0.4 is 10.1 Å². The number of hydrogen-bond donors (Lipinski definition) is 1. The number of carbonyl (C=O) groups excluding carboxylic acids is 2. The fraction of sp³-hybridized carbons (Fsp3) is 0.316. The number of hydrogen-bond acceptors (Lipinski definition) is 4. The summed E-state index contributed by atoms with van der Waals surface area (Å²) in [5.74, 6) is -0.0555. The number of amides is 3. The number of nitrogens with zero attached hydrogens (tertiary/aromatic N) is 3. The molecule has 0 bridgehead atoms. The molecule has 0 atom stereocenters. The zero-order valence-electron chi connectivity index (χ0n) is 15.2. The summed E-state index contributed by atoms with van der Waals surface area (Å²) in [7, 11) is 1.53. The Bertz CT molecular complexity index is 833. The number of pyridine rings is 1. The van der Waals surface area contributed by atoms with E-state index in [0.717, 1.165) is 0 Å². The van der Waals surface area contributed by atoms with Crippen LogP contribution in [0.15, 0.2) is 36.4 Å². The summed E-state index contributed by atoms with van der Waals surface area (Å²) in [5.41, 5.74) is 1.72. The third-order valence-corrected chi connectivity index (χ3v) is 4.46. The van der Waals surface area contributed by atoms with Crippen LogP contribution in [0.25, 0.3) is 0 Å². The predicted octanol–water partition coefficient (Wildman–Crippen LogP) is 2.53. The Kier molecular flexibility index (Phi) is 5.54. The van der Waals surface area contributed by atoms with Crippen LogP contribution in [0.2, 0.25) is 0 Å². The number of rotatable bonds is 3. The van der Waals surface area contributed by atoms with Crippen molar-refractivity contribution in [2.45, 2.75) is 6.92 Å². The van der Waals surface area contributed by atoms with Gasteiger partial charge in [0.25, 0.3) is 5.91 Å². The van der Waals surface area contributed by atoms with E-state index in [-0.39, 0.29) is 17.8 Å². The number of halogens is 1. The van der Waals surface area contributed by atoms with Gasteiger partial charge in [-0.25, -0.2) is 14.2 Å². The van der Waals surface area contributed by atoms with Gasteiger partial charge in [0, 0.05) is 37.8 Å². The molecule has 2 aromatic rings. The molecule has 2 heterocycles. The number of benzene rings is 1. The van der Waals surface area contributed by atoms with Crippen molar-refractivity contribution in [1.82, 2.24) is 14.8 Å². The SMILES string of the molecule is COc1ccc(NC(=O)N2CCN(C(=O)c3ccc(F)cc3)CC2)c(C)n1. The van der Waals surface area contributed by atoms with Gasteiger partial charge >= 0.3 is 6.03 Å². The van der Waals surface area contributed by atoms with Crippen molar-refractivity contribution in [2.24, 2.45) is 0 Å². The Morgan fingerprint density at radius 3 is 2.26 bits per heavy atom. The molecule has 0 unspecified atom stereocenters. The van der Waals surface area contributed by atoms with Crippen LogP contribution in [0.5, 0.6) is 5.88 Å². The lowest BCUT2D eigenvalue weighted by atomic mass is 10.2. The molecule has 8 heteroatoms. The van der Waals surface area contributed by atoms with Crippen molar-refractivity contribution in [3.63, 3.8) is 0 Å². The average Bonchev–Trinajstić information content (AvgIpc) is 2.69. The number of aryl methyl sites for hydroxylation is 1. The first-order valence-electron chi connectivity index (χ1n) is 8.60. The van der Waals surface area contributed by atoms with E-state index in [1.54, 1.807) is 28.9 Å². The zero-order chi connectivity index (χ0) is 19.4. The first-order valence-corrected chi connectivity index (χ1v) is 8.60. The minimum absolute atomic E-state index is 0.162. The van der Waals surface area contributed by atoms with E-state index in [9.17, 15) is 14.0 Å². The maximum absolute atomic E-state index is 13.0. The van der Waals surface area contributed by atoms with Gasteiger partial charge in [-0.05, 0) is 37.3 Å². The highest BCUT2D eigenvalue weighted by molar-refractivity contribution is 5.94. The molecule has 1 N–H and O–H groups in total. The Balaban J connectivity index is 1.56. The van der Waals surface area contributed by atoms with Crippen molar-refractivity contribution in [3.05, 3.63) is 53.5 Å². The molecule has 7 nitrogen and oxygen atoms in total. The monoisotopic (exact) mass is 372 g/mol. The van der Waals surface area contributed by atoms with Gasteiger partial charge in [-0.3, -0.25) is 4.79 Å². The topological polar surface area (TPSA) is 74.8 Å². The molecule has 0 radical (unpaired) electrons. The Labute approximate surface area is 156 Å². The zero-order valence-corrected chi connectivity index (χ0v) is 15.2. The second-order valence-electron chi connectivity index (χ2n) is 6.20. The van der Waals surface area contributed by atoms with Gasteiger partial charge in [-0.2, -0.15) is 0 Å². The highest BCUT2D eigenvalue weighted by atomic mass is 19.1. The van der Waals surface area contributed by atoms with Gasteiger partial charge < -0.3 is 19.9 Å². The fourth-order valence-corrected chi connectivity index (χ4v) is 2.87. The highest BCUT2D eigenvalue weighted by Crippen LogP contribution is 2.18. The van der Waals surface area contributed by atoms with Crippen molar-refractivity contribution in [2.75, 3.05) is 38.6 Å². The van der Waals surface area contributed by atoms with Crippen LogP contribution in [0.4, 0.5) is 14.9 Å². The Morgan fingerprint density at radius 1 is 1.04 bits per heavy atom. The van der Waals surface area contributed by atoms with Crippen LogP contribution >= 0.6 is 0 Å². The van der Waals surface area contributed by atoms with Gasteiger partial charge in [-0.1, -0.05) is 0 Å². The lowest BCUT2D eigenvalue weighted by Crippen LogP contribution is -2.51. The standard InChI is InChI=1S/C19H21FN4O3/c1-13-16(7-8-17(21-13)27-2)22-19(26)24-11-9-23(10-12-24)18(25)14-3-5-15(20)6-4-14/h3-8H,9-12H2,1-2H3,(H,22,26). The van der Waals surface area contributed by atoms with Gasteiger partial charge in [0.05, 0.1) is 18.5 Å². The smallest absolute Gasteiger partial charge is 0.322 e. The van der Waals surface area contributed by atoms with Gasteiger partial charge in [0.2, 0.25) is 5.88 Å². The number of methoxy groups -OCH3 is 1. The van der Waals surface area contributed by atoms with Crippen LogP contribution in [-0.2, 0) is 0 Å². The predicted molar refractivity (Wildman–Crippen MR) is 98.4 cm³/mol. The number of carbonyl (C=O) groups is 2. The average molecular weight is 372 g/mol. The van der Waals surface area contributed by atoms with E-state index in [0.29, 0.717) is 49.0 Å². The molecule has 0 aliphatic carbocycles. The van der Waals surface area contributed by atoms with Crippen molar-refractivity contribution in [3.8, 4) is 5.88 Å². The Morgan fingerprint density at radius 2 is 1.67 bits per heavy atom. The quantitative estimate of drug-likeness (QED) is 0.898. The Hall–Kier alpha value is -3.16. The summed E-state index contributed by atoms with van der Waals surface area (Å²) in [5, 5.41) is 2.84. The molecular weight excluding hydrogens is 351 g/mol. The number of aromatic nitrogens is 1. The molecule has 1 aromatic carbocycles. The maximum atomic E-state index is 13.0. The normalized spacial score (nSPS) is 14.0. The van der Waals surface area contributed by atoms with Crippen LogP contribution in [-0.4, -0.2) is 60.0 Å². The van der Waals surface area contributed by atoms with Crippen molar-refractivity contribution >= 4 is 17.6 Å². The molecule has 1 fully saturated rings. The summed E-state index contributed by atoms with van der Waals surface area (Å²) in [6.07, 6.45) is 0. The summed E-state index contributed by atoms with van der Waals surface area (Å²) in [4.78, 5) is 32.5. The number of nitrogens with one attached hydrogen (secondary N) is 1. The highest BCUT2D eigenvalue weighted by Gasteiger charge is 2.25. The molecule has 0 spiro atoms. The van der Waals surface area contributed by atoms with E-state index >= 15 is 0 Å². The number of urea groups is 1. The maximum Gasteiger partial charge on any atom is 0.322 e. The minimum atomic E-state index is -0.378. The van der Waals surface area contributed by atoms with Crippen molar-refractivity contribution < 1.29 is 18.7 Å². The molecule has 0 saturated carbocycles. The molecule has 1 saturated heterocycles. The van der Waals surface area contributed by atoms with Crippen LogP contribution in [0.3, 0.4) is 0 Å². The molecule has 3 rings (SSSR count). The van der Waals surface area contributed by atoms with E-state index in [1.807, 2.05) is 0 Å². The lowest BCUT2D eigenvalue weighted by molar-refractivity contribution is 0.0671. The minimum Gasteiger partial charge on any atom is -0.481 e. The van der Waals surface area contributed by atoms with E-state index < -0.39 is 0 Å². The third-order valence-electron chi connectivity index (χ3n) is 4.46. The molecule has 27 heavy (non-hydrogen) atoms. The molecule has 1 aromatic heterocycles. The van der Waals surface area contributed by atoms with Crippen LogP contribution in [0, 0.1) is 12.7 Å². The van der Waals surface area contributed by atoms with Crippen molar-refractivity contribution in [1.29, 1.82) is 0 Å². The van der Waals surface area contributed by atoms with Gasteiger partial charge in [-0.15, -0.1) is 0 Å². The summed E-state index contributed by atoms with van der Waals surface area (Å²) < 4.78 is 18.1. The van der Waals surface area contributed by atoms with Crippen LogP contribution in [0.1, 0.15) is 16.1 Å². The second kappa shape index (κ2) is 8.03. The molecule has 1 aliphatic heterocycles. The fourth-order valence-electron chi connectivity index (χ4n) is 2.87. The molecule has 1 aliphatic rings. The van der Waals surface area contributed by atoms with Gasteiger partial charge in [0.1, 0.15) is 5.82 Å². The number of anilines is 1. The number of ether oxygens (including phenoxy) is 1. The molecule has 142 valence electrons. The third kappa shape index (κ3) is 4.33. The summed E-state index contributed by atoms with van der Waals surface area (Å²) in [6.45, 7) is 3.47. The summed E-state index contributed by atoms with van der Waals surface area (Å²) in [6, 6.07) is 8.66. The first-order chi connectivity index (χ1) is 13.0. The van der Waals surface area contributed by atoms with E-state index in [1.165, 1.54) is 31.4 Å². The number of piperazine rings is 1. The van der Waals surface area contributed by atoms with E-state index in [2.05, 4.69) is 10.3 Å². The molecule has 3 amide bonds. The summed E-state index contributed by atoms with van der Waals surface area (Å²) >= 11 is 0. The largest absolute Gasteiger partial charge is 0.481 e. The van der Waals surface area contributed by atoms with Gasteiger partial charge in [0.15, 0.2) is 0 Å². The molecular formula is C19H21FN4O3. The second-order valence-corrected chi connectivity index (χ2v) is 6.20. The van der Waals surface area contributed by atoms with E-state index in [4.69, 9.17) is 4.74 Å². The first kappa shape index (κ1) is 18.6. The lowest BCUT2D eigenvalue weighted by Gasteiger charge is -2.34.